The standard InChI is InChI=1S/C20H37O5P/c1-3-5-8-13-17(19(14-6-4-2)26(23,24)25)15-18(20(21)22)16-11-9-7-10-12-16/h11,17-19H,3-10,12-15H2,1-2H3,(H,21,22)(H2,23,24,25). The molecule has 3 N–H and O–H groups in total. The lowest BCUT2D eigenvalue weighted by Gasteiger charge is -2.31. The zero-order chi connectivity index (χ0) is 19.6. The van der Waals surface area contributed by atoms with Gasteiger partial charge in [-0.15, -0.1) is 0 Å². The summed E-state index contributed by atoms with van der Waals surface area (Å²) < 4.78 is 12.2. The van der Waals surface area contributed by atoms with Crippen molar-refractivity contribution < 1.29 is 24.3 Å². The molecule has 0 heterocycles. The molecule has 0 fully saturated rings. The van der Waals surface area contributed by atoms with Crippen LogP contribution in [0.25, 0.3) is 0 Å². The number of hydrogen-bond donors (Lipinski definition) is 3. The maximum atomic E-state index is 12.2. The van der Waals surface area contributed by atoms with Gasteiger partial charge >= 0.3 is 13.6 Å². The molecule has 152 valence electrons. The van der Waals surface area contributed by atoms with Crippen LogP contribution < -0.4 is 0 Å². The second-order valence-corrected chi connectivity index (χ2v) is 9.55. The van der Waals surface area contributed by atoms with Crippen LogP contribution in [-0.4, -0.2) is 26.5 Å². The third kappa shape index (κ3) is 7.94. The fraction of sp³-hybridized carbons (Fsp3) is 0.850. The van der Waals surface area contributed by atoms with Crippen LogP contribution in [0.5, 0.6) is 0 Å². The molecule has 0 amide bonds. The van der Waals surface area contributed by atoms with E-state index in [2.05, 4.69) is 6.92 Å². The summed E-state index contributed by atoms with van der Waals surface area (Å²) in [5, 5.41) is 9.77. The fourth-order valence-corrected chi connectivity index (χ4v) is 5.45. The van der Waals surface area contributed by atoms with Crippen LogP contribution in [0.2, 0.25) is 0 Å². The Kier molecular flexibility index (Phi) is 10.7. The zero-order valence-electron chi connectivity index (χ0n) is 16.4. The minimum atomic E-state index is -4.25. The van der Waals surface area contributed by atoms with Gasteiger partial charge < -0.3 is 14.9 Å². The van der Waals surface area contributed by atoms with Crippen molar-refractivity contribution in [2.24, 2.45) is 11.8 Å². The Morgan fingerprint density at radius 3 is 2.31 bits per heavy atom. The molecule has 1 rings (SSSR count). The number of unbranched alkanes of at least 4 members (excludes halogenated alkanes) is 3. The first-order valence-electron chi connectivity index (χ1n) is 10.3. The van der Waals surface area contributed by atoms with Crippen LogP contribution in [0.1, 0.15) is 90.9 Å². The van der Waals surface area contributed by atoms with Crippen LogP contribution in [0.15, 0.2) is 11.6 Å². The van der Waals surface area contributed by atoms with Crippen molar-refractivity contribution in [3.8, 4) is 0 Å². The number of allylic oxidation sites excluding steroid dienone is 1. The van der Waals surface area contributed by atoms with Gasteiger partial charge in [0.1, 0.15) is 0 Å². The van der Waals surface area contributed by atoms with Gasteiger partial charge in [0, 0.05) is 0 Å². The summed E-state index contributed by atoms with van der Waals surface area (Å²) in [6.45, 7) is 4.11. The van der Waals surface area contributed by atoms with Crippen LogP contribution in [-0.2, 0) is 9.36 Å². The SMILES string of the molecule is CCCCCC(CC(C(=O)O)C1=CCCCC1)C(CCCC)P(=O)(O)O. The molecule has 26 heavy (non-hydrogen) atoms. The highest BCUT2D eigenvalue weighted by Crippen LogP contribution is 2.50. The molecule has 3 atom stereocenters. The Labute approximate surface area is 158 Å². The summed E-state index contributed by atoms with van der Waals surface area (Å²) in [6.07, 6.45) is 12.0. The van der Waals surface area contributed by atoms with E-state index in [0.29, 0.717) is 19.3 Å². The summed E-state index contributed by atoms with van der Waals surface area (Å²) >= 11 is 0. The minimum absolute atomic E-state index is 0.238. The molecule has 0 radical (unpaired) electrons. The first kappa shape index (κ1) is 23.4. The molecule has 0 aromatic carbocycles. The van der Waals surface area contributed by atoms with Crippen LogP contribution in [0.4, 0.5) is 0 Å². The summed E-state index contributed by atoms with van der Waals surface area (Å²) in [5.41, 5.74) is 0.245. The van der Waals surface area contributed by atoms with Gasteiger partial charge in [0.2, 0.25) is 0 Å². The van der Waals surface area contributed by atoms with Gasteiger partial charge in [0.05, 0.1) is 11.6 Å². The first-order chi connectivity index (χ1) is 12.3. The first-order valence-corrected chi connectivity index (χ1v) is 12.0. The van der Waals surface area contributed by atoms with Crippen molar-refractivity contribution in [2.75, 3.05) is 0 Å². The molecule has 6 heteroatoms. The van der Waals surface area contributed by atoms with Crippen molar-refractivity contribution in [1.82, 2.24) is 0 Å². The second kappa shape index (κ2) is 11.9. The smallest absolute Gasteiger partial charge is 0.328 e. The molecule has 0 aliphatic heterocycles. The van der Waals surface area contributed by atoms with Gasteiger partial charge in [-0.1, -0.05) is 57.6 Å². The zero-order valence-corrected chi connectivity index (χ0v) is 17.3. The molecule has 0 saturated carbocycles. The largest absolute Gasteiger partial charge is 0.481 e. The van der Waals surface area contributed by atoms with Gasteiger partial charge in [-0.2, -0.15) is 0 Å². The van der Waals surface area contributed by atoms with Crippen molar-refractivity contribution in [1.29, 1.82) is 0 Å². The molecular weight excluding hydrogens is 351 g/mol. The normalized spacial score (nSPS) is 18.8. The minimum Gasteiger partial charge on any atom is -0.481 e. The Morgan fingerprint density at radius 2 is 1.81 bits per heavy atom. The van der Waals surface area contributed by atoms with E-state index in [1.807, 2.05) is 13.0 Å². The van der Waals surface area contributed by atoms with E-state index < -0.39 is 25.1 Å². The highest BCUT2D eigenvalue weighted by molar-refractivity contribution is 7.52. The van der Waals surface area contributed by atoms with Crippen LogP contribution in [0.3, 0.4) is 0 Å². The topological polar surface area (TPSA) is 94.8 Å². The second-order valence-electron chi connectivity index (χ2n) is 7.71. The molecule has 0 aromatic rings. The third-order valence-electron chi connectivity index (χ3n) is 5.62. The van der Waals surface area contributed by atoms with E-state index in [4.69, 9.17) is 0 Å². The van der Waals surface area contributed by atoms with Crippen LogP contribution in [0, 0.1) is 11.8 Å². The van der Waals surface area contributed by atoms with Gasteiger partial charge in [-0.25, -0.2) is 0 Å². The molecule has 1 aliphatic rings. The number of rotatable bonds is 13. The predicted octanol–water partition coefficient (Wildman–Crippen LogP) is 5.51. The lowest BCUT2D eigenvalue weighted by molar-refractivity contribution is -0.141. The molecule has 1 aliphatic carbocycles. The van der Waals surface area contributed by atoms with E-state index >= 15 is 0 Å². The molecule has 5 nitrogen and oxygen atoms in total. The van der Waals surface area contributed by atoms with Gasteiger partial charge in [-0.05, 0) is 50.9 Å². The quantitative estimate of drug-likeness (QED) is 0.220. The fourth-order valence-electron chi connectivity index (χ4n) is 4.11. The Balaban J connectivity index is 3.01. The molecule has 0 aromatic heterocycles. The molecule has 0 spiro atoms. The average molecular weight is 388 g/mol. The average Bonchev–Trinajstić information content (AvgIpc) is 2.58. The molecule has 0 saturated heterocycles. The summed E-state index contributed by atoms with van der Waals surface area (Å²) in [4.78, 5) is 31.8. The summed E-state index contributed by atoms with van der Waals surface area (Å²) in [7, 11) is -4.25. The number of aliphatic carboxylic acids is 1. The third-order valence-corrected chi connectivity index (χ3v) is 7.16. The highest BCUT2D eigenvalue weighted by Gasteiger charge is 2.38. The Bertz CT molecular complexity index is 496. The van der Waals surface area contributed by atoms with Crippen molar-refractivity contribution in [2.45, 2.75) is 96.6 Å². The molecule has 3 unspecified atom stereocenters. The summed E-state index contributed by atoms with van der Waals surface area (Å²) in [6, 6.07) is 0. The van der Waals surface area contributed by atoms with E-state index in [0.717, 1.165) is 63.4 Å². The van der Waals surface area contributed by atoms with Gasteiger partial charge in [0.15, 0.2) is 0 Å². The maximum absolute atomic E-state index is 12.2. The molecule has 0 bridgehead atoms. The predicted molar refractivity (Wildman–Crippen MR) is 105 cm³/mol. The monoisotopic (exact) mass is 388 g/mol. The number of carboxylic acids is 1. The van der Waals surface area contributed by atoms with E-state index in [-0.39, 0.29) is 5.92 Å². The Hall–Kier alpha value is -0.640. The maximum Gasteiger partial charge on any atom is 0.328 e. The van der Waals surface area contributed by atoms with Gasteiger partial charge in [0.25, 0.3) is 0 Å². The van der Waals surface area contributed by atoms with Gasteiger partial charge in [-0.3, -0.25) is 9.36 Å². The van der Waals surface area contributed by atoms with E-state index in [1.54, 1.807) is 0 Å². The summed E-state index contributed by atoms with van der Waals surface area (Å²) in [5.74, 6) is -1.69. The number of carboxylic acid groups (broad SMARTS) is 1. The lowest BCUT2D eigenvalue weighted by Crippen LogP contribution is -2.28. The van der Waals surface area contributed by atoms with E-state index in [9.17, 15) is 24.3 Å². The van der Waals surface area contributed by atoms with E-state index in [1.165, 1.54) is 0 Å². The number of carbonyl (C=O) groups is 1. The van der Waals surface area contributed by atoms with Crippen molar-refractivity contribution in [3.05, 3.63) is 11.6 Å². The van der Waals surface area contributed by atoms with Crippen LogP contribution >= 0.6 is 7.60 Å². The highest BCUT2D eigenvalue weighted by atomic mass is 31.2. The Morgan fingerprint density at radius 1 is 1.12 bits per heavy atom. The lowest BCUT2D eigenvalue weighted by atomic mass is 9.80. The van der Waals surface area contributed by atoms with Crippen molar-refractivity contribution >= 4 is 13.6 Å². The number of hydrogen-bond acceptors (Lipinski definition) is 2. The van der Waals surface area contributed by atoms with Crippen molar-refractivity contribution in [3.63, 3.8) is 0 Å². The molecular formula is C20H37O5P.